The second-order valence-electron chi connectivity index (χ2n) is 5.06. The fraction of sp³-hybridized carbons (Fsp3) is 0.909. The number of halogens is 1. The zero-order valence-electron chi connectivity index (χ0n) is 11.8. The fourth-order valence-corrected chi connectivity index (χ4v) is 2.40. The van der Waals surface area contributed by atoms with E-state index in [0.717, 1.165) is 0 Å². The first kappa shape index (κ1) is 20.9. The molecule has 8 heteroatoms. The number of carbonyl (C=O) groups is 1. The van der Waals surface area contributed by atoms with Crippen molar-refractivity contribution in [3.63, 3.8) is 0 Å². The monoisotopic (exact) mass is 316 g/mol. The van der Waals surface area contributed by atoms with Gasteiger partial charge >= 0.3 is 0 Å². The van der Waals surface area contributed by atoms with Crippen LogP contribution in [-0.2, 0) is 19.1 Å². The molecule has 0 radical (unpaired) electrons. The van der Waals surface area contributed by atoms with Gasteiger partial charge < -0.3 is 11.1 Å². The van der Waals surface area contributed by atoms with E-state index in [1.807, 2.05) is 13.8 Å². The first-order valence-electron chi connectivity index (χ1n) is 6.00. The summed E-state index contributed by atoms with van der Waals surface area (Å²) in [4.78, 5) is 10.6. The number of nitrogens with two attached hydrogens (primary N) is 1. The van der Waals surface area contributed by atoms with Gasteiger partial charge in [0.05, 0.1) is 12.4 Å². The summed E-state index contributed by atoms with van der Waals surface area (Å²) in [7, 11) is -3.52. The Morgan fingerprint density at radius 3 is 2.42 bits per heavy atom. The normalized spacial score (nSPS) is 11.8. The quantitative estimate of drug-likeness (QED) is 0.481. The van der Waals surface area contributed by atoms with Crippen LogP contribution in [0.1, 0.15) is 33.6 Å². The van der Waals surface area contributed by atoms with Crippen LogP contribution in [0.2, 0.25) is 0 Å². The van der Waals surface area contributed by atoms with Crippen molar-refractivity contribution < 1.29 is 17.4 Å². The highest BCUT2D eigenvalue weighted by Gasteiger charge is 2.21. The molecule has 0 aliphatic carbocycles. The van der Waals surface area contributed by atoms with Crippen molar-refractivity contribution in [3.05, 3.63) is 0 Å². The smallest absolute Gasteiger partial charge is 0.267 e. The van der Waals surface area contributed by atoms with E-state index in [-0.39, 0.29) is 36.1 Å². The molecule has 6 nitrogen and oxygen atoms in total. The molecule has 0 unspecified atom stereocenters. The van der Waals surface area contributed by atoms with Crippen LogP contribution in [0.3, 0.4) is 0 Å². The molecule has 0 aromatic rings. The summed E-state index contributed by atoms with van der Waals surface area (Å²) in [5, 5.41) is 2.54. The number of rotatable bonds is 9. The van der Waals surface area contributed by atoms with Crippen LogP contribution in [0.25, 0.3) is 0 Å². The summed E-state index contributed by atoms with van der Waals surface area (Å²) in [5.74, 6) is -0.260. The Bertz CT molecular complexity index is 358. The zero-order chi connectivity index (χ0) is 14.2. The lowest BCUT2D eigenvalue weighted by Crippen LogP contribution is -2.27. The van der Waals surface area contributed by atoms with Crippen molar-refractivity contribution in [1.29, 1.82) is 0 Å². The summed E-state index contributed by atoms with van der Waals surface area (Å²) in [6.45, 7) is 6.18. The number of nitrogens with one attached hydrogen (secondary N) is 1. The van der Waals surface area contributed by atoms with Crippen LogP contribution < -0.4 is 11.1 Å². The van der Waals surface area contributed by atoms with Crippen molar-refractivity contribution in [1.82, 2.24) is 5.32 Å². The molecule has 0 fully saturated rings. The summed E-state index contributed by atoms with van der Waals surface area (Å²) in [5.41, 5.74) is 5.18. The summed E-state index contributed by atoms with van der Waals surface area (Å²) < 4.78 is 28.1. The molecule has 0 rings (SSSR count). The second-order valence-corrected chi connectivity index (χ2v) is 6.82. The maximum absolute atomic E-state index is 11.6. The highest BCUT2D eigenvalue weighted by Crippen LogP contribution is 2.20. The molecule has 0 aliphatic rings. The Hall–Kier alpha value is -0.370. The van der Waals surface area contributed by atoms with Crippen LogP contribution in [-0.4, -0.2) is 39.8 Å². The van der Waals surface area contributed by atoms with E-state index < -0.39 is 10.1 Å². The van der Waals surface area contributed by atoms with E-state index >= 15 is 0 Å². The number of hydrogen-bond donors (Lipinski definition) is 2. The zero-order valence-corrected chi connectivity index (χ0v) is 13.4. The van der Waals surface area contributed by atoms with E-state index in [1.165, 1.54) is 6.92 Å². The summed E-state index contributed by atoms with van der Waals surface area (Å²) >= 11 is 0. The van der Waals surface area contributed by atoms with Gasteiger partial charge in [-0.05, 0) is 24.8 Å². The fourth-order valence-electron chi connectivity index (χ4n) is 1.28. The minimum Gasteiger partial charge on any atom is -0.356 e. The minimum absolute atomic E-state index is 0. The lowest BCUT2D eigenvalue weighted by Gasteiger charge is -2.23. The molecule has 19 heavy (non-hydrogen) atoms. The number of carbonyl (C=O) groups excluding carboxylic acids is 1. The maximum atomic E-state index is 11.6. The van der Waals surface area contributed by atoms with Crippen molar-refractivity contribution in [2.45, 2.75) is 33.6 Å². The molecule has 0 saturated heterocycles. The molecule has 0 atom stereocenters. The van der Waals surface area contributed by atoms with E-state index in [4.69, 9.17) is 9.92 Å². The van der Waals surface area contributed by atoms with Gasteiger partial charge in [-0.15, -0.1) is 12.4 Å². The Morgan fingerprint density at radius 2 is 1.95 bits per heavy atom. The largest absolute Gasteiger partial charge is 0.356 e. The molecule has 0 aromatic carbocycles. The third kappa shape index (κ3) is 12.4. The van der Waals surface area contributed by atoms with Crippen LogP contribution in [0.5, 0.6) is 0 Å². The number of amides is 1. The van der Waals surface area contributed by atoms with Crippen molar-refractivity contribution >= 4 is 28.4 Å². The molecule has 0 heterocycles. The first-order valence-corrected chi connectivity index (χ1v) is 7.58. The SMILES string of the molecule is CC(=O)NCCCS(=O)(=O)OCC(C)(C)CCN.Cl. The van der Waals surface area contributed by atoms with Crippen LogP contribution in [0.4, 0.5) is 0 Å². The third-order valence-electron chi connectivity index (χ3n) is 2.40. The molecular formula is C11H25ClN2O4S. The average Bonchev–Trinajstić information content (AvgIpc) is 2.22. The Kier molecular flexibility index (Phi) is 10.5. The van der Waals surface area contributed by atoms with Gasteiger partial charge in [0.25, 0.3) is 10.1 Å². The number of hydrogen-bond acceptors (Lipinski definition) is 5. The highest BCUT2D eigenvalue weighted by molar-refractivity contribution is 7.86. The van der Waals surface area contributed by atoms with Gasteiger partial charge in [-0.3, -0.25) is 8.98 Å². The van der Waals surface area contributed by atoms with Crippen LogP contribution in [0.15, 0.2) is 0 Å². The molecule has 0 aromatic heterocycles. The van der Waals surface area contributed by atoms with Gasteiger partial charge in [0.1, 0.15) is 0 Å². The van der Waals surface area contributed by atoms with Gasteiger partial charge in [0.2, 0.25) is 5.91 Å². The van der Waals surface area contributed by atoms with E-state index in [2.05, 4.69) is 5.32 Å². The third-order valence-corrected chi connectivity index (χ3v) is 3.66. The van der Waals surface area contributed by atoms with E-state index in [9.17, 15) is 13.2 Å². The van der Waals surface area contributed by atoms with Gasteiger partial charge in [0.15, 0.2) is 0 Å². The van der Waals surface area contributed by atoms with E-state index in [1.54, 1.807) is 0 Å². The van der Waals surface area contributed by atoms with Crippen LogP contribution in [0, 0.1) is 5.41 Å². The second kappa shape index (κ2) is 9.52. The summed E-state index contributed by atoms with van der Waals surface area (Å²) in [6.07, 6.45) is 1.05. The molecule has 0 bridgehead atoms. The van der Waals surface area contributed by atoms with Gasteiger partial charge in [-0.2, -0.15) is 8.42 Å². The van der Waals surface area contributed by atoms with Crippen molar-refractivity contribution in [3.8, 4) is 0 Å². The molecule has 0 spiro atoms. The first-order chi connectivity index (χ1) is 8.18. The molecule has 3 N–H and O–H groups in total. The highest BCUT2D eigenvalue weighted by atomic mass is 35.5. The van der Waals surface area contributed by atoms with Crippen molar-refractivity contribution in [2.24, 2.45) is 11.1 Å². The Labute approximate surface area is 122 Å². The predicted molar refractivity (Wildman–Crippen MR) is 77.7 cm³/mol. The lowest BCUT2D eigenvalue weighted by molar-refractivity contribution is -0.118. The lowest BCUT2D eigenvalue weighted by atomic mass is 9.91. The molecule has 1 amide bonds. The van der Waals surface area contributed by atoms with Crippen molar-refractivity contribution in [2.75, 3.05) is 25.4 Å². The minimum atomic E-state index is -3.52. The van der Waals surface area contributed by atoms with Gasteiger partial charge in [-0.25, -0.2) is 0 Å². The maximum Gasteiger partial charge on any atom is 0.267 e. The van der Waals surface area contributed by atoms with E-state index in [0.29, 0.717) is 25.9 Å². The average molecular weight is 317 g/mol. The van der Waals surface area contributed by atoms with Gasteiger partial charge in [0, 0.05) is 13.5 Å². The van der Waals surface area contributed by atoms with Crippen LogP contribution >= 0.6 is 12.4 Å². The standard InChI is InChI=1S/C11H24N2O4S.ClH/c1-10(14)13-7-4-8-18(15,16)17-9-11(2,3)5-6-12;/h4-9,12H2,1-3H3,(H,13,14);1H. The molecule has 0 saturated carbocycles. The summed E-state index contributed by atoms with van der Waals surface area (Å²) in [6, 6.07) is 0. The Balaban J connectivity index is 0. The Morgan fingerprint density at radius 1 is 1.37 bits per heavy atom. The predicted octanol–water partition coefficient (Wildman–Crippen LogP) is 0.656. The molecule has 0 aliphatic heterocycles. The molecule has 116 valence electrons. The van der Waals surface area contributed by atoms with Gasteiger partial charge in [-0.1, -0.05) is 13.8 Å². The molecular weight excluding hydrogens is 292 g/mol. The topological polar surface area (TPSA) is 98.5 Å².